The molecule has 3 atom stereocenters. The average molecular weight is 384 g/mol. The van der Waals surface area contributed by atoms with Crippen molar-refractivity contribution in [2.75, 3.05) is 20.3 Å². The highest BCUT2D eigenvalue weighted by Gasteiger charge is 2.64. The molecule has 6 heteroatoms. The third-order valence-electron chi connectivity index (χ3n) is 5.97. The van der Waals surface area contributed by atoms with E-state index in [1.165, 1.54) is 12.0 Å². The maximum Gasteiger partial charge on any atom is 0.410 e. The number of hydrogen-bond acceptors (Lipinski definition) is 4. The number of carbonyl (C=O) groups is 2. The SMILES string of the molecule is COC(=O)N1C[C@](Cl)(C2c3ccccc3-c3ccccc32)[C@H]2OCC(=O)[C@H]21. The quantitative estimate of drug-likeness (QED) is 0.710. The predicted molar refractivity (Wildman–Crippen MR) is 100.0 cm³/mol. The van der Waals surface area contributed by atoms with Crippen LogP contribution in [-0.4, -0.2) is 54.1 Å². The summed E-state index contributed by atoms with van der Waals surface area (Å²) >= 11 is 7.27. The maximum atomic E-state index is 12.4. The number of halogens is 1. The fourth-order valence-corrected chi connectivity index (χ4v) is 5.47. The van der Waals surface area contributed by atoms with Crippen molar-refractivity contribution in [3.05, 3.63) is 59.7 Å². The van der Waals surface area contributed by atoms with E-state index in [9.17, 15) is 9.59 Å². The van der Waals surface area contributed by atoms with E-state index in [0.29, 0.717) is 0 Å². The Morgan fingerprint density at radius 1 is 1.15 bits per heavy atom. The third-order valence-corrected chi connectivity index (χ3v) is 6.52. The lowest BCUT2D eigenvalue weighted by molar-refractivity contribution is -0.121. The molecule has 2 aromatic carbocycles. The van der Waals surface area contributed by atoms with E-state index in [0.717, 1.165) is 22.3 Å². The number of alkyl halides is 1. The molecule has 2 heterocycles. The van der Waals surface area contributed by atoms with Gasteiger partial charge >= 0.3 is 6.09 Å². The minimum absolute atomic E-state index is 0.0344. The first-order valence-electron chi connectivity index (χ1n) is 8.92. The highest BCUT2D eigenvalue weighted by molar-refractivity contribution is 6.27. The molecule has 0 bridgehead atoms. The standard InChI is InChI=1S/C21H18ClNO4/c1-26-20(25)23-11-21(22,19-18(23)16(24)10-27-19)17-14-8-4-2-6-12(14)13-7-3-5-9-15(13)17/h2-9,17-19H,10-11H2,1H3/t18-,19+,21+/m1/s1. The Labute approximate surface area is 161 Å². The van der Waals surface area contributed by atoms with Gasteiger partial charge in [0.1, 0.15) is 23.6 Å². The Balaban J connectivity index is 1.68. The van der Waals surface area contributed by atoms with Gasteiger partial charge in [-0.15, -0.1) is 11.6 Å². The van der Waals surface area contributed by atoms with Gasteiger partial charge in [0.15, 0.2) is 5.78 Å². The minimum Gasteiger partial charge on any atom is -0.453 e. The second-order valence-electron chi connectivity index (χ2n) is 7.27. The molecular formula is C21H18ClNO4. The van der Waals surface area contributed by atoms with Crippen molar-refractivity contribution in [1.29, 1.82) is 0 Å². The van der Waals surface area contributed by atoms with E-state index in [4.69, 9.17) is 21.1 Å². The van der Waals surface area contributed by atoms with Crippen molar-refractivity contribution in [2.45, 2.75) is 22.9 Å². The van der Waals surface area contributed by atoms with Crippen LogP contribution in [0.5, 0.6) is 0 Å². The molecule has 1 amide bonds. The van der Waals surface area contributed by atoms with Gasteiger partial charge in [0, 0.05) is 12.5 Å². The highest BCUT2D eigenvalue weighted by Crippen LogP contribution is 2.56. The van der Waals surface area contributed by atoms with E-state index in [1.807, 2.05) is 24.3 Å². The van der Waals surface area contributed by atoms with E-state index in [1.54, 1.807) is 0 Å². The number of hydrogen-bond donors (Lipinski definition) is 0. The number of fused-ring (bicyclic) bond motifs is 4. The molecule has 0 aromatic heterocycles. The van der Waals surface area contributed by atoms with Crippen LogP contribution in [0.1, 0.15) is 17.0 Å². The van der Waals surface area contributed by atoms with E-state index >= 15 is 0 Å². The zero-order valence-corrected chi connectivity index (χ0v) is 15.5. The summed E-state index contributed by atoms with van der Waals surface area (Å²) in [6, 6.07) is 15.6. The fourth-order valence-electron chi connectivity index (χ4n) is 4.93. The average Bonchev–Trinajstić information content (AvgIpc) is 3.33. The van der Waals surface area contributed by atoms with Gasteiger partial charge in [-0.1, -0.05) is 48.5 Å². The molecule has 2 aromatic rings. The summed E-state index contributed by atoms with van der Waals surface area (Å²) in [6.07, 6.45) is -1.12. The van der Waals surface area contributed by atoms with Crippen LogP contribution in [0.3, 0.4) is 0 Å². The van der Waals surface area contributed by atoms with Gasteiger partial charge in [0.05, 0.1) is 7.11 Å². The van der Waals surface area contributed by atoms with Crippen molar-refractivity contribution in [3.8, 4) is 11.1 Å². The van der Waals surface area contributed by atoms with Crippen LogP contribution in [0.4, 0.5) is 4.79 Å². The third kappa shape index (κ3) is 2.15. The van der Waals surface area contributed by atoms with Crippen LogP contribution in [0, 0.1) is 0 Å². The summed E-state index contributed by atoms with van der Waals surface area (Å²) in [5.41, 5.74) is 4.47. The lowest BCUT2D eigenvalue weighted by Gasteiger charge is -2.34. The number of likely N-dealkylation sites (tertiary alicyclic amines) is 1. The highest BCUT2D eigenvalue weighted by atomic mass is 35.5. The Morgan fingerprint density at radius 3 is 2.33 bits per heavy atom. The van der Waals surface area contributed by atoms with Gasteiger partial charge in [-0.2, -0.15) is 0 Å². The Morgan fingerprint density at radius 2 is 1.74 bits per heavy atom. The number of amides is 1. The summed E-state index contributed by atoms with van der Waals surface area (Å²) in [5.74, 6) is -0.313. The number of ether oxygens (including phenoxy) is 2. The van der Waals surface area contributed by atoms with Gasteiger partial charge in [-0.05, 0) is 22.3 Å². The van der Waals surface area contributed by atoms with Crippen molar-refractivity contribution in [2.24, 2.45) is 0 Å². The van der Waals surface area contributed by atoms with Crippen molar-refractivity contribution in [1.82, 2.24) is 4.90 Å². The molecule has 27 heavy (non-hydrogen) atoms. The second kappa shape index (κ2) is 5.81. The molecule has 2 saturated heterocycles. The predicted octanol–water partition coefficient (Wildman–Crippen LogP) is 3.20. The van der Waals surface area contributed by atoms with Crippen molar-refractivity contribution >= 4 is 23.5 Å². The molecule has 2 aliphatic heterocycles. The maximum absolute atomic E-state index is 12.4. The van der Waals surface area contributed by atoms with Crippen LogP contribution in [0.25, 0.3) is 11.1 Å². The molecule has 0 spiro atoms. The molecule has 0 unspecified atom stereocenters. The molecule has 3 aliphatic rings. The summed E-state index contributed by atoms with van der Waals surface area (Å²) in [6.45, 7) is 0.156. The monoisotopic (exact) mass is 383 g/mol. The van der Waals surface area contributed by atoms with Crippen LogP contribution in [0.2, 0.25) is 0 Å². The Hall–Kier alpha value is -2.37. The number of benzene rings is 2. The zero-order chi connectivity index (χ0) is 18.8. The van der Waals surface area contributed by atoms with Crippen LogP contribution in [-0.2, 0) is 14.3 Å². The Kier molecular flexibility index (Phi) is 3.61. The topological polar surface area (TPSA) is 55.8 Å². The first-order chi connectivity index (χ1) is 13.1. The van der Waals surface area contributed by atoms with Gasteiger partial charge in [0.25, 0.3) is 0 Å². The normalized spacial score (nSPS) is 28.8. The van der Waals surface area contributed by atoms with Crippen molar-refractivity contribution in [3.63, 3.8) is 0 Å². The van der Waals surface area contributed by atoms with E-state index < -0.39 is 23.1 Å². The fraction of sp³-hybridized carbons (Fsp3) is 0.333. The zero-order valence-electron chi connectivity index (χ0n) is 14.7. The summed E-state index contributed by atoms with van der Waals surface area (Å²) in [4.78, 5) is 25.3. The second-order valence-corrected chi connectivity index (χ2v) is 7.98. The lowest BCUT2D eigenvalue weighted by atomic mass is 9.80. The van der Waals surface area contributed by atoms with E-state index in [-0.39, 0.29) is 24.9 Å². The molecule has 1 aliphatic carbocycles. The molecule has 138 valence electrons. The first kappa shape index (κ1) is 16.8. The number of rotatable bonds is 1. The van der Waals surface area contributed by atoms with E-state index in [2.05, 4.69) is 24.3 Å². The molecule has 0 N–H and O–H groups in total. The number of Topliss-reactive ketones (excluding diaryl/α,β-unsaturated/α-hetero) is 1. The van der Waals surface area contributed by atoms with Crippen LogP contribution < -0.4 is 0 Å². The van der Waals surface area contributed by atoms with Crippen molar-refractivity contribution < 1.29 is 19.1 Å². The molecule has 2 fully saturated rings. The van der Waals surface area contributed by atoms with Gasteiger partial charge in [0.2, 0.25) is 0 Å². The summed E-state index contributed by atoms with van der Waals surface area (Å²) in [7, 11) is 1.31. The minimum atomic E-state index is -0.951. The number of ketones is 1. The number of methoxy groups -OCH3 is 1. The first-order valence-corrected chi connectivity index (χ1v) is 9.30. The van der Waals surface area contributed by atoms with Gasteiger partial charge in [-0.25, -0.2) is 4.79 Å². The molecule has 5 nitrogen and oxygen atoms in total. The Bertz CT molecular complexity index is 915. The van der Waals surface area contributed by atoms with Gasteiger partial charge < -0.3 is 9.47 Å². The van der Waals surface area contributed by atoms with Crippen LogP contribution in [0.15, 0.2) is 48.5 Å². The molecular weight excluding hydrogens is 366 g/mol. The molecule has 5 rings (SSSR count). The molecule has 0 saturated carbocycles. The van der Waals surface area contributed by atoms with Crippen LogP contribution >= 0.6 is 11.6 Å². The number of carbonyl (C=O) groups excluding carboxylic acids is 2. The lowest BCUT2D eigenvalue weighted by Crippen LogP contribution is -2.43. The summed E-state index contributed by atoms with van der Waals surface area (Å²) < 4.78 is 10.7. The largest absolute Gasteiger partial charge is 0.453 e. The summed E-state index contributed by atoms with van der Waals surface area (Å²) in [5, 5.41) is 0. The smallest absolute Gasteiger partial charge is 0.410 e. The molecule has 0 radical (unpaired) electrons. The number of nitrogens with zero attached hydrogens (tertiary/aromatic N) is 1. The van der Waals surface area contributed by atoms with Gasteiger partial charge in [-0.3, -0.25) is 9.69 Å².